The molecule has 0 spiro atoms. The van der Waals surface area contributed by atoms with Gasteiger partial charge in [0.15, 0.2) is 11.5 Å². The van der Waals surface area contributed by atoms with Crippen LogP contribution in [0, 0.1) is 0 Å². The van der Waals surface area contributed by atoms with Crippen molar-refractivity contribution in [3.63, 3.8) is 0 Å². The van der Waals surface area contributed by atoms with Crippen molar-refractivity contribution in [2.45, 2.75) is 19.9 Å². The van der Waals surface area contributed by atoms with E-state index in [0.29, 0.717) is 52.5 Å². The topological polar surface area (TPSA) is 109 Å². The van der Waals surface area contributed by atoms with Crippen molar-refractivity contribution in [2.75, 3.05) is 38.6 Å². The highest BCUT2D eigenvalue weighted by Crippen LogP contribution is 2.39. The van der Waals surface area contributed by atoms with Crippen LogP contribution in [0.4, 0.5) is 11.6 Å². The number of hydrogen-bond acceptors (Lipinski definition) is 8. The van der Waals surface area contributed by atoms with E-state index in [1.807, 2.05) is 32.0 Å². The molecule has 178 valence electrons. The molecule has 3 aromatic rings. The fraction of sp³-hybridized carbons (Fsp3) is 0.292. The molecule has 2 heterocycles. The molecular weight excluding hydrogens is 438 g/mol. The number of methoxy groups -OCH3 is 3. The number of nitrogens with one attached hydrogen (secondary N) is 2. The summed E-state index contributed by atoms with van der Waals surface area (Å²) in [5.41, 5.74) is 2.44. The lowest BCUT2D eigenvalue weighted by molar-refractivity contribution is -0.113. The van der Waals surface area contributed by atoms with Crippen LogP contribution in [0.2, 0.25) is 0 Å². The molecule has 0 unspecified atom stereocenters. The van der Waals surface area contributed by atoms with Gasteiger partial charge in [0.25, 0.3) is 5.91 Å². The Bertz CT molecular complexity index is 1240. The van der Waals surface area contributed by atoms with Gasteiger partial charge < -0.3 is 29.6 Å². The minimum absolute atomic E-state index is 0.312. The van der Waals surface area contributed by atoms with Crippen molar-refractivity contribution in [1.29, 1.82) is 0 Å². The van der Waals surface area contributed by atoms with Crippen LogP contribution in [0.1, 0.15) is 25.5 Å². The third-order valence-electron chi connectivity index (χ3n) is 5.50. The number of nitrogens with zero attached hydrogens (tertiary/aromatic N) is 3. The Kier molecular flexibility index (Phi) is 6.58. The van der Waals surface area contributed by atoms with Crippen LogP contribution in [0.5, 0.6) is 23.0 Å². The molecule has 0 fully saturated rings. The zero-order chi connectivity index (χ0) is 24.2. The molecule has 0 aliphatic carbocycles. The fourth-order valence-electron chi connectivity index (χ4n) is 3.92. The smallest absolute Gasteiger partial charge is 0.255 e. The zero-order valence-electron chi connectivity index (χ0n) is 19.7. The lowest BCUT2D eigenvalue weighted by Crippen LogP contribution is -2.31. The van der Waals surface area contributed by atoms with Gasteiger partial charge in [-0.15, -0.1) is 0 Å². The number of hydrogen-bond donors (Lipinski definition) is 2. The monoisotopic (exact) mass is 465 g/mol. The molecule has 2 N–H and O–H groups in total. The summed E-state index contributed by atoms with van der Waals surface area (Å²) in [6, 6.07) is 10.2. The van der Waals surface area contributed by atoms with Gasteiger partial charge >= 0.3 is 0 Å². The van der Waals surface area contributed by atoms with Crippen molar-refractivity contribution in [3.05, 3.63) is 59.6 Å². The van der Waals surface area contributed by atoms with E-state index in [1.165, 1.54) is 13.4 Å². The molecule has 10 heteroatoms. The van der Waals surface area contributed by atoms with Crippen LogP contribution < -0.4 is 29.6 Å². The predicted octanol–water partition coefficient (Wildman–Crippen LogP) is 3.63. The van der Waals surface area contributed by atoms with Gasteiger partial charge in [-0.3, -0.25) is 4.79 Å². The third-order valence-corrected chi connectivity index (χ3v) is 5.50. The van der Waals surface area contributed by atoms with Crippen LogP contribution in [-0.4, -0.2) is 48.6 Å². The predicted molar refractivity (Wildman–Crippen MR) is 127 cm³/mol. The highest BCUT2D eigenvalue weighted by molar-refractivity contribution is 6.06. The summed E-state index contributed by atoms with van der Waals surface area (Å²) < 4.78 is 23.6. The Labute approximate surface area is 197 Å². The number of amides is 1. The summed E-state index contributed by atoms with van der Waals surface area (Å²) in [6.45, 7) is 4.20. The first kappa shape index (κ1) is 23.0. The molecule has 2 aromatic carbocycles. The first-order chi connectivity index (χ1) is 16.5. The second-order valence-corrected chi connectivity index (χ2v) is 7.46. The maximum absolute atomic E-state index is 13.6. The molecule has 0 saturated carbocycles. The molecule has 0 saturated heterocycles. The Morgan fingerprint density at radius 2 is 1.85 bits per heavy atom. The van der Waals surface area contributed by atoms with Crippen LogP contribution in [-0.2, 0) is 4.79 Å². The second kappa shape index (κ2) is 9.74. The molecule has 0 radical (unpaired) electrons. The maximum atomic E-state index is 13.6. The number of ether oxygens (including phenoxy) is 4. The molecule has 4 rings (SSSR count). The Morgan fingerprint density at radius 1 is 1.06 bits per heavy atom. The van der Waals surface area contributed by atoms with Gasteiger partial charge in [0, 0.05) is 11.8 Å². The molecule has 1 aromatic heterocycles. The van der Waals surface area contributed by atoms with Gasteiger partial charge in [0.05, 0.1) is 39.2 Å². The van der Waals surface area contributed by atoms with Crippen molar-refractivity contribution >= 4 is 17.5 Å². The molecule has 1 aliphatic rings. The average Bonchev–Trinajstić information content (AvgIpc) is 3.31. The van der Waals surface area contributed by atoms with E-state index in [2.05, 4.69) is 20.7 Å². The number of carbonyl (C=O) groups excluding carboxylic acids is 1. The standard InChI is InChI=1S/C24H27N5O5/c1-6-34-20-11-15(7-10-18(20)32-4)22-21(14(2)27-24-25-13-26-29(22)24)23(30)28-17-9-8-16(31-3)12-19(17)33-5/h7-13,22H,6H2,1-5H3,(H,28,30)(H,25,26,27)/t22-/m0/s1. The zero-order valence-corrected chi connectivity index (χ0v) is 19.7. The molecule has 34 heavy (non-hydrogen) atoms. The minimum Gasteiger partial charge on any atom is -0.497 e. The van der Waals surface area contributed by atoms with Gasteiger partial charge in [-0.2, -0.15) is 10.1 Å². The van der Waals surface area contributed by atoms with E-state index in [9.17, 15) is 4.79 Å². The van der Waals surface area contributed by atoms with Crippen LogP contribution in [0.3, 0.4) is 0 Å². The lowest BCUT2D eigenvalue weighted by Gasteiger charge is -2.29. The van der Waals surface area contributed by atoms with E-state index in [-0.39, 0.29) is 5.91 Å². The number of rotatable bonds is 8. The molecule has 10 nitrogen and oxygen atoms in total. The number of fused-ring (bicyclic) bond motifs is 1. The summed E-state index contributed by atoms with van der Waals surface area (Å²) in [5, 5.41) is 10.5. The van der Waals surface area contributed by atoms with Crippen molar-refractivity contribution in [1.82, 2.24) is 14.8 Å². The van der Waals surface area contributed by atoms with Gasteiger partial charge in [-0.05, 0) is 43.7 Å². The Morgan fingerprint density at radius 3 is 2.56 bits per heavy atom. The van der Waals surface area contributed by atoms with Gasteiger partial charge in [0.1, 0.15) is 23.9 Å². The quantitative estimate of drug-likeness (QED) is 0.519. The third kappa shape index (κ3) is 4.21. The van der Waals surface area contributed by atoms with E-state index >= 15 is 0 Å². The van der Waals surface area contributed by atoms with E-state index in [4.69, 9.17) is 18.9 Å². The first-order valence-electron chi connectivity index (χ1n) is 10.7. The summed E-state index contributed by atoms with van der Waals surface area (Å²) in [4.78, 5) is 17.9. The number of allylic oxidation sites excluding steroid dienone is 1. The first-order valence-corrected chi connectivity index (χ1v) is 10.7. The van der Waals surface area contributed by atoms with Crippen LogP contribution >= 0.6 is 0 Å². The summed E-state index contributed by atoms with van der Waals surface area (Å²) >= 11 is 0. The van der Waals surface area contributed by atoms with Crippen molar-refractivity contribution in [3.8, 4) is 23.0 Å². The van der Waals surface area contributed by atoms with Crippen LogP contribution in [0.15, 0.2) is 54.0 Å². The summed E-state index contributed by atoms with van der Waals surface area (Å²) in [6.07, 6.45) is 1.45. The average molecular weight is 466 g/mol. The van der Waals surface area contributed by atoms with Crippen LogP contribution in [0.25, 0.3) is 0 Å². The van der Waals surface area contributed by atoms with Crippen molar-refractivity contribution < 1.29 is 23.7 Å². The van der Waals surface area contributed by atoms with Crippen molar-refractivity contribution in [2.24, 2.45) is 0 Å². The van der Waals surface area contributed by atoms with E-state index < -0.39 is 6.04 Å². The van der Waals surface area contributed by atoms with Gasteiger partial charge in [-0.1, -0.05) is 6.07 Å². The van der Waals surface area contributed by atoms with E-state index in [1.54, 1.807) is 37.1 Å². The normalized spacial score (nSPS) is 14.7. The van der Waals surface area contributed by atoms with Gasteiger partial charge in [-0.25, -0.2) is 4.68 Å². The maximum Gasteiger partial charge on any atom is 0.255 e. The largest absolute Gasteiger partial charge is 0.497 e. The molecule has 1 aliphatic heterocycles. The summed E-state index contributed by atoms with van der Waals surface area (Å²) in [5.74, 6) is 2.51. The summed E-state index contributed by atoms with van der Waals surface area (Å²) in [7, 11) is 4.69. The van der Waals surface area contributed by atoms with E-state index in [0.717, 1.165) is 5.56 Å². The lowest BCUT2D eigenvalue weighted by atomic mass is 9.94. The highest BCUT2D eigenvalue weighted by Gasteiger charge is 2.34. The minimum atomic E-state index is -0.548. The Hall–Kier alpha value is -4.21. The number of aromatic nitrogens is 3. The molecular formula is C24H27N5O5. The molecule has 1 atom stereocenters. The molecule has 0 bridgehead atoms. The fourth-order valence-corrected chi connectivity index (χ4v) is 3.92. The highest BCUT2D eigenvalue weighted by atomic mass is 16.5. The van der Waals surface area contributed by atoms with Gasteiger partial charge in [0.2, 0.25) is 5.95 Å². The Balaban J connectivity index is 1.76. The number of anilines is 2. The SMILES string of the molecule is CCOc1cc([C@H]2C(C(=O)Nc3ccc(OC)cc3OC)=C(C)Nc3ncnn32)ccc1OC. The second-order valence-electron chi connectivity index (χ2n) is 7.46. The molecule has 1 amide bonds. The number of carbonyl (C=O) groups is 1. The number of benzene rings is 2.